The minimum atomic E-state index is -0.582. The van der Waals surface area contributed by atoms with Gasteiger partial charge in [-0.25, -0.2) is 9.78 Å². The Morgan fingerprint density at radius 2 is 2.12 bits per heavy atom. The van der Waals surface area contributed by atoms with Gasteiger partial charge < -0.3 is 9.84 Å². The fraction of sp³-hybridized carbons (Fsp3) is 0.636. The highest BCUT2D eigenvalue weighted by atomic mass is 32.1. The van der Waals surface area contributed by atoms with E-state index in [4.69, 9.17) is 4.74 Å². The maximum Gasteiger partial charge on any atom is 0.413 e. The lowest BCUT2D eigenvalue weighted by Gasteiger charge is -2.18. The van der Waals surface area contributed by atoms with Gasteiger partial charge in [0.15, 0.2) is 5.13 Å². The van der Waals surface area contributed by atoms with E-state index < -0.39 is 17.8 Å². The lowest BCUT2D eigenvalue weighted by molar-refractivity contribution is 0.0636. The van der Waals surface area contributed by atoms with Crippen molar-refractivity contribution in [1.29, 1.82) is 0 Å². The average molecular weight is 258 g/mol. The number of amides is 1. The molecule has 17 heavy (non-hydrogen) atoms. The molecule has 0 saturated heterocycles. The molecule has 1 atom stereocenters. The van der Waals surface area contributed by atoms with Gasteiger partial charge in [-0.15, -0.1) is 0 Å². The van der Waals surface area contributed by atoms with Crippen LogP contribution in [-0.4, -0.2) is 21.8 Å². The second-order valence-electron chi connectivity index (χ2n) is 4.77. The summed E-state index contributed by atoms with van der Waals surface area (Å²) in [6, 6.07) is 0. The molecule has 0 spiro atoms. The molecule has 0 aliphatic rings. The zero-order valence-corrected chi connectivity index (χ0v) is 11.5. The fourth-order valence-electron chi connectivity index (χ4n) is 1.24. The number of ether oxygens (including phenoxy) is 1. The molecular weight excluding hydrogens is 240 g/mol. The number of anilines is 1. The van der Waals surface area contributed by atoms with Crippen LogP contribution in [0.25, 0.3) is 0 Å². The van der Waals surface area contributed by atoms with Crippen LogP contribution < -0.4 is 5.32 Å². The molecule has 0 radical (unpaired) electrons. The van der Waals surface area contributed by atoms with Crippen molar-refractivity contribution >= 4 is 22.6 Å². The van der Waals surface area contributed by atoms with E-state index in [0.717, 1.165) is 10.6 Å². The third-order valence-corrected chi connectivity index (χ3v) is 3.06. The zero-order chi connectivity index (χ0) is 13.2. The normalized spacial score (nSPS) is 13.3. The molecule has 96 valence electrons. The Morgan fingerprint density at radius 1 is 1.53 bits per heavy atom. The molecule has 2 N–H and O–H groups in total. The molecule has 0 fully saturated rings. The largest absolute Gasteiger partial charge is 0.444 e. The summed E-state index contributed by atoms with van der Waals surface area (Å²) in [6.07, 6.45) is -1.12. The Bertz CT molecular complexity index is 407. The molecule has 1 amide bonds. The number of hydrogen-bond donors (Lipinski definition) is 2. The van der Waals surface area contributed by atoms with Crippen LogP contribution in [0, 0.1) is 6.92 Å². The molecule has 1 aromatic rings. The van der Waals surface area contributed by atoms with E-state index in [2.05, 4.69) is 10.3 Å². The maximum atomic E-state index is 11.5. The van der Waals surface area contributed by atoms with Gasteiger partial charge in [0.05, 0.1) is 16.7 Å². The first kappa shape index (κ1) is 13.9. The number of rotatable bonds is 2. The van der Waals surface area contributed by atoms with Crippen molar-refractivity contribution in [3.05, 3.63) is 10.6 Å². The van der Waals surface area contributed by atoms with Crippen LogP contribution in [0.2, 0.25) is 0 Å². The molecule has 0 bridgehead atoms. The van der Waals surface area contributed by atoms with E-state index in [1.165, 1.54) is 11.3 Å². The fourth-order valence-corrected chi connectivity index (χ4v) is 2.13. The second kappa shape index (κ2) is 5.01. The number of hydrogen-bond acceptors (Lipinski definition) is 5. The minimum Gasteiger partial charge on any atom is -0.444 e. The summed E-state index contributed by atoms with van der Waals surface area (Å²) >= 11 is 1.25. The van der Waals surface area contributed by atoms with Crippen molar-refractivity contribution in [3.63, 3.8) is 0 Å². The molecular formula is C11H18N2O3S. The highest BCUT2D eigenvalue weighted by Gasteiger charge is 2.18. The molecule has 5 nitrogen and oxygen atoms in total. The Labute approximate surface area is 105 Å². The van der Waals surface area contributed by atoms with Crippen LogP contribution in [-0.2, 0) is 4.74 Å². The van der Waals surface area contributed by atoms with Crippen molar-refractivity contribution in [1.82, 2.24) is 4.98 Å². The summed E-state index contributed by atoms with van der Waals surface area (Å²) < 4.78 is 5.11. The molecule has 0 aliphatic heterocycles. The molecule has 6 heteroatoms. The van der Waals surface area contributed by atoms with E-state index >= 15 is 0 Å². The summed E-state index contributed by atoms with van der Waals surface area (Å²) in [6.45, 7) is 8.83. The van der Waals surface area contributed by atoms with E-state index in [0.29, 0.717) is 5.13 Å². The minimum absolute atomic E-state index is 0.438. The maximum absolute atomic E-state index is 11.5. The van der Waals surface area contributed by atoms with Crippen LogP contribution in [0.3, 0.4) is 0 Å². The first-order valence-electron chi connectivity index (χ1n) is 5.34. The molecule has 0 unspecified atom stereocenters. The number of carbonyl (C=O) groups excluding carboxylic acids is 1. The van der Waals surface area contributed by atoms with Gasteiger partial charge in [-0.3, -0.25) is 5.32 Å². The van der Waals surface area contributed by atoms with E-state index in [1.807, 2.05) is 0 Å². The average Bonchev–Trinajstić information content (AvgIpc) is 2.42. The van der Waals surface area contributed by atoms with Gasteiger partial charge in [0, 0.05) is 0 Å². The van der Waals surface area contributed by atoms with Crippen LogP contribution in [0.5, 0.6) is 0 Å². The molecule has 0 aromatic carbocycles. The standard InChI is InChI=1S/C11H18N2O3S/c1-6-8(7(2)14)17-9(12-6)13-10(15)16-11(3,4)5/h7,14H,1-5H3,(H,12,13,15)/t7-/m0/s1. The van der Waals surface area contributed by atoms with Crippen molar-refractivity contribution in [2.24, 2.45) is 0 Å². The van der Waals surface area contributed by atoms with Gasteiger partial charge in [-0.05, 0) is 34.6 Å². The molecule has 1 rings (SSSR count). The number of aromatic nitrogens is 1. The molecule has 1 heterocycles. The second-order valence-corrected chi connectivity index (χ2v) is 5.80. The number of aryl methyl sites for hydroxylation is 1. The number of thiazole rings is 1. The van der Waals surface area contributed by atoms with Gasteiger partial charge in [0.2, 0.25) is 0 Å². The van der Waals surface area contributed by atoms with Gasteiger partial charge in [-0.2, -0.15) is 0 Å². The van der Waals surface area contributed by atoms with Crippen LogP contribution in [0.4, 0.5) is 9.93 Å². The number of aliphatic hydroxyl groups is 1. The van der Waals surface area contributed by atoms with Crippen molar-refractivity contribution < 1.29 is 14.6 Å². The third-order valence-electron chi connectivity index (χ3n) is 1.82. The first-order chi connectivity index (χ1) is 7.69. The van der Waals surface area contributed by atoms with Crippen molar-refractivity contribution in [3.8, 4) is 0 Å². The number of nitrogens with zero attached hydrogens (tertiary/aromatic N) is 1. The summed E-state index contributed by atoms with van der Waals surface area (Å²) in [5.74, 6) is 0. The number of carbonyl (C=O) groups is 1. The van der Waals surface area contributed by atoms with Crippen LogP contribution in [0.15, 0.2) is 0 Å². The Morgan fingerprint density at radius 3 is 2.53 bits per heavy atom. The van der Waals surface area contributed by atoms with Gasteiger partial charge in [0.1, 0.15) is 5.60 Å². The lowest BCUT2D eigenvalue weighted by Crippen LogP contribution is -2.27. The SMILES string of the molecule is Cc1nc(NC(=O)OC(C)(C)C)sc1[C@H](C)O. The van der Waals surface area contributed by atoms with Gasteiger partial charge in [0.25, 0.3) is 0 Å². The Kier molecular flexibility index (Phi) is 4.11. The molecule has 1 aromatic heterocycles. The Hall–Kier alpha value is -1.14. The smallest absolute Gasteiger partial charge is 0.413 e. The molecule has 0 aliphatic carbocycles. The van der Waals surface area contributed by atoms with Crippen molar-refractivity contribution in [2.45, 2.75) is 46.3 Å². The zero-order valence-electron chi connectivity index (χ0n) is 10.7. The molecule has 0 saturated carbocycles. The third kappa shape index (κ3) is 4.32. The summed E-state index contributed by atoms with van der Waals surface area (Å²) in [7, 11) is 0. The van der Waals surface area contributed by atoms with Crippen molar-refractivity contribution in [2.75, 3.05) is 5.32 Å². The lowest BCUT2D eigenvalue weighted by atomic mass is 10.2. The Balaban J connectivity index is 2.70. The summed E-state index contributed by atoms with van der Waals surface area (Å²) in [5.41, 5.74) is 0.180. The predicted octanol–water partition coefficient (Wildman–Crippen LogP) is 2.85. The van der Waals surface area contributed by atoms with Crippen LogP contribution >= 0.6 is 11.3 Å². The van der Waals surface area contributed by atoms with Crippen LogP contribution in [0.1, 0.15) is 44.4 Å². The first-order valence-corrected chi connectivity index (χ1v) is 6.16. The highest BCUT2D eigenvalue weighted by Crippen LogP contribution is 2.28. The monoisotopic (exact) mass is 258 g/mol. The topological polar surface area (TPSA) is 71.5 Å². The quantitative estimate of drug-likeness (QED) is 0.855. The summed E-state index contributed by atoms with van der Waals surface area (Å²) in [5, 5.41) is 12.5. The van der Waals surface area contributed by atoms with E-state index in [1.54, 1.807) is 34.6 Å². The number of aliphatic hydroxyl groups excluding tert-OH is 1. The van der Waals surface area contributed by atoms with E-state index in [9.17, 15) is 9.90 Å². The highest BCUT2D eigenvalue weighted by molar-refractivity contribution is 7.15. The predicted molar refractivity (Wildman–Crippen MR) is 67.3 cm³/mol. The summed E-state index contributed by atoms with van der Waals surface area (Å²) in [4.78, 5) is 16.4. The number of nitrogens with one attached hydrogen (secondary N) is 1. The van der Waals surface area contributed by atoms with Gasteiger partial charge in [-0.1, -0.05) is 11.3 Å². The van der Waals surface area contributed by atoms with Gasteiger partial charge >= 0.3 is 6.09 Å². The van der Waals surface area contributed by atoms with E-state index in [-0.39, 0.29) is 0 Å².